The minimum absolute atomic E-state index is 0.0721. The highest BCUT2D eigenvalue weighted by molar-refractivity contribution is 6.09. The van der Waals surface area contributed by atoms with Gasteiger partial charge < -0.3 is 4.40 Å². The lowest BCUT2D eigenvalue weighted by atomic mass is 10.1. The maximum atomic E-state index is 12.7. The molecule has 0 saturated carbocycles. The summed E-state index contributed by atoms with van der Waals surface area (Å²) in [6, 6.07) is 15.0. The Labute approximate surface area is 123 Å². The first-order valence-corrected chi connectivity index (χ1v) is 6.74. The number of nitriles is 1. The number of nitrogens with zero attached hydrogens (tertiary/aromatic N) is 2. The van der Waals surface area contributed by atoms with Crippen molar-refractivity contribution in [2.24, 2.45) is 0 Å². The average molecular weight is 274 g/mol. The predicted molar refractivity (Wildman–Crippen MR) is 81.5 cm³/mol. The van der Waals surface area contributed by atoms with E-state index in [0.29, 0.717) is 16.8 Å². The van der Waals surface area contributed by atoms with Crippen LogP contribution in [0.15, 0.2) is 48.7 Å². The van der Waals surface area contributed by atoms with Gasteiger partial charge in [-0.15, -0.1) is 0 Å². The summed E-state index contributed by atoms with van der Waals surface area (Å²) in [5.74, 6) is -0.0721. The van der Waals surface area contributed by atoms with E-state index in [1.54, 1.807) is 18.2 Å². The third-order valence-corrected chi connectivity index (χ3v) is 3.58. The molecule has 0 atom stereocenters. The molecule has 0 spiro atoms. The highest BCUT2D eigenvalue weighted by atomic mass is 16.1. The van der Waals surface area contributed by atoms with E-state index >= 15 is 0 Å². The average Bonchev–Trinajstić information content (AvgIpc) is 2.86. The summed E-state index contributed by atoms with van der Waals surface area (Å²) >= 11 is 0. The SMILES string of the molecule is Cc1cc(C)c2c(C#N)cc(C(=O)c3ccccc3)n2c1. The molecular formula is C18H14N2O. The van der Waals surface area contributed by atoms with Crippen LogP contribution in [0.25, 0.3) is 5.52 Å². The second-order valence-corrected chi connectivity index (χ2v) is 5.17. The van der Waals surface area contributed by atoms with Gasteiger partial charge in [0.25, 0.3) is 0 Å². The number of aromatic nitrogens is 1. The van der Waals surface area contributed by atoms with Crippen molar-refractivity contribution in [3.63, 3.8) is 0 Å². The van der Waals surface area contributed by atoms with Crippen LogP contribution in [0.1, 0.15) is 32.7 Å². The molecule has 102 valence electrons. The van der Waals surface area contributed by atoms with E-state index in [1.165, 1.54) is 0 Å². The normalized spacial score (nSPS) is 10.5. The molecule has 0 aliphatic rings. The van der Waals surface area contributed by atoms with Gasteiger partial charge in [-0.3, -0.25) is 4.79 Å². The van der Waals surface area contributed by atoms with Crippen LogP contribution in [0.4, 0.5) is 0 Å². The van der Waals surface area contributed by atoms with Gasteiger partial charge in [-0.2, -0.15) is 5.26 Å². The first kappa shape index (κ1) is 13.1. The van der Waals surface area contributed by atoms with Crippen LogP contribution in [0.5, 0.6) is 0 Å². The summed E-state index contributed by atoms with van der Waals surface area (Å²) in [6.45, 7) is 3.94. The molecule has 21 heavy (non-hydrogen) atoms. The smallest absolute Gasteiger partial charge is 0.209 e. The largest absolute Gasteiger partial charge is 0.312 e. The Morgan fingerprint density at radius 3 is 2.52 bits per heavy atom. The molecule has 2 heterocycles. The van der Waals surface area contributed by atoms with Crippen molar-refractivity contribution >= 4 is 11.3 Å². The number of fused-ring (bicyclic) bond motifs is 1. The number of hydrogen-bond acceptors (Lipinski definition) is 2. The molecule has 1 aromatic carbocycles. The number of pyridine rings is 1. The molecule has 0 saturated heterocycles. The fourth-order valence-corrected chi connectivity index (χ4v) is 2.71. The van der Waals surface area contributed by atoms with E-state index in [0.717, 1.165) is 16.6 Å². The highest BCUT2D eigenvalue weighted by Crippen LogP contribution is 2.23. The lowest BCUT2D eigenvalue weighted by Gasteiger charge is -2.06. The fourth-order valence-electron chi connectivity index (χ4n) is 2.71. The standard InChI is InChI=1S/C18H14N2O/c1-12-8-13(2)17-15(10-19)9-16(20(17)11-12)18(21)14-6-4-3-5-7-14/h3-9,11H,1-2H3. The summed E-state index contributed by atoms with van der Waals surface area (Å²) in [7, 11) is 0. The molecule has 2 aromatic heterocycles. The van der Waals surface area contributed by atoms with Crippen molar-refractivity contribution in [1.29, 1.82) is 5.26 Å². The van der Waals surface area contributed by atoms with E-state index < -0.39 is 0 Å². The maximum absolute atomic E-state index is 12.7. The molecule has 3 nitrogen and oxygen atoms in total. The van der Waals surface area contributed by atoms with Crippen LogP contribution < -0.4 is 0 Å². The number of aryl methyl sites for hydroxylation is 2. The first-order valence-electron chi connectivity index (χ1n) is 6.74. The minimum atomic E-state index is -0.0721. The zero-order valence-corrected chi connectivity index (χ0v) is 11.9. The van der Waals surface area contributed by atoms with Gasteiger partial charge in [-0.05, 0) is 31.0 Å². The van der Waals surface area contributed by atoms with E-state index in [2.05, 4.69) is 6.07 Å². The number of carbonyl (C=O) groups is 1. The van der Waals surface area contributed by atoms with Gasteiger partial charge in [0.15, 0.2) is 0 Å². The Kier molecular flexibility index (Phi) is 3.08. The molecule has 0 unspecified atom stereocenters. The zero-order valence-electron chi connectivity index (χ0n) is 11.9. The Morgan fingerprint density at radius 2 is 1.86 bits per heavy atom. The van der Waals surface area contributed by atoms with Crippen molar-refractivity contribution in [3.05, 3.63) is 76.6 Å². The van der Waals surface area contributed by atoms with Gasteiger partial charge in [-0.1, -0.05) is 36.4 Å². The summed E-state index contributed by atoms with van der Waals surface area (Å²) in [5.41, 5.74) is 4.55. The Bertz CT molecular complexity index is 883. The van der Waals surface area contributed by atoms with E-state index in [-0.39, 0.29) is 5.78 Å². The van der Waals surface area contributed by atoms with Gasteiger partial charge >= 0.3 is 0 Å². The third kappa shape index (κ3) is 2.11. The van der Waals surface area contributed by atoms with Crippen molar-refractivity contribution in [3.8, 4) is 6.07 Å². The van der Waals surface area contributed by atoms with Gasteiger partial charge in [0.05, 0.1) is 16.8 Å². The van der Waals surface area contributed by atoms with Crippen LogP contribution in [-0.4, -0.2) is 10.2 Å². The molecule has 0 aliphatic carbocycles. The molecule has 3 aromatic rings. The number of ketones is 1. The van der Waals surface area contributed by atoms with Gasteiger partial charge in [-0.25, -0.2) is 0 Å². The first-order chi connectivity index (χ1) is 10.1. The van der Waals surface area contributed by atoms with Crippen LogP contribution in [0, 0.1) is 25.2 Å². The Hall–Kier alpha value is -2.86. The predicted octanol–water partition coefficient (Wildman–Crippen LogP) is 3.66. The van der Waals surface area contributed by atoms with Gasteiger partial charge in [0.2, 0.25) is 5.78 Å². The third-order valence-electron chi connectivity index (χ3n) is 3.58. The molecule has 3 rings (SSSR count). The molecule has 0 bridgehead atoms. The number of rotatable bonds is 2. The molecule has 0 fully saturated rings. The van der Waals surface area contributed by atoms with Crippen LogP contribution >= 0.6 is 0 Å². The summed E-state index contributed by atoms with van der Waals surface area (Å²) in [6.07, 6.45) is 1.90. The Morgan fingerprint density at radius 1 is 1.14 bits per heavy atom. The maximum Gasteiger partial charge on any atom is 0.209 e. The van der Waals surface area contributed by atoms with Crippen molar-refractivity contribution < 1.29 is 4.79 Å². The molecule has 0 aliphatic heterocycles. The van der Waals surface area contributed by atoms with Crippen LogP contribution in [0.3, 0.4) is 0 Å². The molecule has 0 radical (unpaired) electrons. The number of hydrogen-bond donors (Lipinski definition) is 0. The summed E-state index contributed by atoms with van der Waals surface area (Å²) in [5, 5.41) is 9.32. The second kappa shape index (κ2) is 4.92. The minimum Gasteiger partial charge on any atom is -0.312 e. The quantitative estimate of drug-likeness (QED) is 0.669. The summed E-state index contributed by atoms with van der Waals surface area (Å²) < 4.78 is 1.83. The molecule has 0 N–H and O–H groups in total. The van der Waals surface area contributed by atoms with Gasteiger partial charge in [0.1, 0.15) is 6.07 Å². The number of carbonyl (C=O) groups excluding carboxylic acids is 1. The van der Waals surface area contributed by atoms with Crippen molar-refractivity contribution in [2.45, 2.75) is 13.8 Å². The van der Waals surface area contributed by atoms with E-state index in [4.69, 9.17) is 0 Å². The van der Waals surface area contributed by atoms with E-state index in [1.807, 2.05) is 48.7 Å². The van der Waals surface area contributed by atoms with Crippen molar-refractivity contribution in [2.75, 3.05) is 0 Å². The van der Waals surface area contributed by atoms with Crippen LogP contribution in [0.2, 0.25) is 0 Å². The van der Waals surface area contributed by atoms with Crippen molar-refractivity contribution in [1.82, 2.24) is 4.40 Å². The highest BCUT2D eigenvalue weighted by Gasteiger charge is 2.18. The molecular weight excluding hydrogens is 260 g/mol. The van der Waals surface area contributed by atoms with E-state index in [9.17, 15) is 10.1 Å². The topological polar surface area (TPSA) is 45.3 Å². The Balaban J connectivity index is 2.29. The fraction of sp³-hybridized carbons (Fsp3) is 0.111. The summed E-state index contributed by atoms with van der Waals surface area (Å²) in [4.78, 5) is 12.7. The lowest BCUT2D eigenvalue weighted by molar-refractivity contribution is 0.103. The van der Waals surface area contributed by atoms with Gasteiger partial charge in [0, 0.05) is 11.8 Å². The molecule has 0 amide bonds. The second-order valence-electron chi connectivity index (χ2n) is 5.17. The molecule has 3 heteroatoms. The monoisotopic (exact) mass is 274 g/mol. The zero-order chi connectivity index (χ0) is 15.0. The van der Waals surface area contributed by atoms with Crippen LogP contribution in [-0.2, 0) is 0 Å². The number of benzene rings is 1. The lowest BCUT2D eigenvalue weighted by Crippen LogP contribution is -2.05.